The molecule has 0 aliphatic heterocycles. The highest BCUT2D eigenvalue weighted by atomic mass is 19.3. The van der Waals surface area contributed by atoms with Gasteiger partial charge in [-0.3, -0.25) is 0 Å². The van der Waals surface area contributed by atoms with Gasteiger partial charge in [0.15, 0.2) is 11.6 Å². The molecule has 1 aromatic rings. The highest BCUT2D eigenvalue weighted by Crippen LogP contribution is 2.22. The molecule has 0 amide bonds. The summed E-state index contributed by atoms with van der Waals surface area (Å²) in [6.07, 6.45) is -2.91. The van der Waals surface area contributed by atoms with Crippen LogP contribution in [-0.4, -0.2) is 6.43 Å². The molecule has 0 saturated carbocycles. The van der Waals surface area contributed by atoms with Crippen molar-refractivity contribution in [1.82, 2.24) is 0 Å². The lowest BCUT2D eigenvalue weighted by Crippen LogP contribution is -2.20. The lowest BCUT2D eigenvalue weighted by molar-refractivity contribution is 0.114. The Bertz CT molecular complexity index is 300. The Morgan fingerprint density at radius 1 is 1.15 bits per heavy atom. The summed E-state index contributed by atoms with van der Waals surface area (Å²) in [7, 11) is 0. The van der Waals surface area contributed by atoms with E-state index in [0.717, 1.165) is 18.2 Å². The molecule has 0 unspecified atom stereocenters. The van der Waals surface area contributed by atoms with Crippen molar-refractivity contribution in [3.63, 3.8) is 0 Å². The van der Waals surface area contributed by atoms with Gasteiger partial charge >= 0.3 is 0 Å². The summed E-state index contributed by atoms with van der Waals surface area (Å²) in [4.78, 5) is 0. The van der Waals surface area contributed by atoms with Crippen LogP contribution in [0.15, 0.2) is 18.2 Å². The van der Waals surface area contributed by atoms with Crippen molar-refractivity contribution in [2.24, 2.45) is 5.73 Å². The molecule has 72 valence electrons. The second-order valence-electron chi connectivity index (χ2n) is 2.50. The molecule has 1 atom stereocenters. The fourth-order valence-corrected chi connectivity index (χ4v) is 0.914. The van der Waals surface area contributed by atoms with Crippen LogP contribution in [0.25, 0.3) is 0 Å². The molecule has 0 saturated heterocycles. The third kappa shape index (κ3) is 1.98. The molecule has 0 fully saturated rings. The first kappa shape index (κ1) is 9.98. The smallest absolute Gasteiger partial charge is 0.257 e. The van der Waals surface area contributed by atoms with E-state index in [9.17, 15) is 17.6 Å². The van der Waals surface area contributed by atoms with Crippen molar-refractivity contribution < 1.29 is 17.6 Å². The van der Waals surface area contributed by atoms with E-state index < -0.39 is 29.7 Å². The number of hydrogen-bond donors (Lipinski definition) is 1. The maximum Gasteiger partial charge on any atom is 0.257 e. The molecule has 0 aliphatic carbocycles. The zero-order chi connectivity index (χ0) is 10.0. The van der Waals surface area contributed by atoms with Crippen LogP contribution in [0.5, 0.6) is 0 Å². The van der Waals surface area contributed by atoms with E-state index in [4.69, 9.17) is 5.73 Å². The summed E-state index contributed by atoms with van der Waals surface area (Å²) < 4.78 is 49.4. The number of halogens is 4. The molecule has 0 heterocycles. The van der Waals surface area contributed by atoms with Gasteiger partial charge in [0.1, 0.15) is 0 Å². The van der Waals surface area contributed by atoms with Gasteiger partial charge < -0.3 is 5.73 Å². The molecule has 0 aliphatic rings. The maximum absolute atomic E-state index is 12.8. The van der Waals surface area contributed by atoms with Gasteiger partial charge in [0.25, 0.3) is 6.43 Å². The molecule has 1 nitrogen and oxygen atoms in total. The molecule has 0 bridgehead atoms. The van der Waals surface area contributed by atoms with Crippen LogP contribution in [0.4, 0.5) is 17.6 Å². The predicted octanol–water partition coefficient (Wildman–Crippen LogP) is 2.23. The zero-order valence-corrected chi connectivity index (χ0v) is 6.48. The first-order valence-corrected chi connectivity index (χ1v) is 3.51. The quantitative estimate of drug-likeness (QED) is 0.716. The average Bonchev–Trinajstić information content (AvgIpc) is 2.08. The minimum atomic E-state index is -2.91. The molecular formula is C8H7F4N. The summed E-state index contributed by atoms with van der Waals surface area (Å²) in [6, 6.07) is 1.23. The van der Waals surface area contributed by atoms with Crippen LogP contribution in [0.3, 0.4) is 0 Å². The molecule has 0 spiro atoms. The van der Waals surface area contributed by atoms with E-state index in [1.54, 1.807) is 0 Å². The fraction of sp³-hybridized carbons (Fsp3) is 0.250. The van der Waals surface area contributed by atoms with E-state index in [1.165, 1.54) is 0 Å². The Morgan fingerprint density at radius 2 is 1.77 bits per heavy atom. The molecule has 2 N–H and O–H groups in total. The topological polar surface area (TPSA) is 26.0 Å². The first-order chi connectivity index (χ1) is 6.04. The Morgan fingerprint density at radius 3 is 2.31 bits per heavy atom. The molecule has 5 heteroatoms. The van der Waals surface area contributed by atoms with E-state index >= 15 is 0 Å². The predicted molar refractivity (Wildman–Crippen MR) is 39.3 cm³/mol. The number of hydrogen-bond acceptors (Lipinski definition) is 1. The number of rotatable bonds is 2. The summed E-state index contributed by atoms with van der Waals surface area (Å²) in [5.74, 6) is -2.48. The monoisotopic (exact) mass is 193 g/mol. The second-order valence-corrected chi connectivity index (χ2v) is 2.50. The van der Waals surface area contributed by atoms with Crippen molar-refractivity contribution >= 4 is 0 Å². The first-order valence-electron chi connectivity index (χ1n) is 3.51. The third-order valence-electron chi connectivity index (χ3n) is 1.61. The minimum Gasteiger partial charge on any atom is -0.319 e. The van der Waals surface area contributed by atoms with Crippen molar-refractivity contribution in [3.8, 4) is 0 Å². The van der Waals surface area contributed by atoms with Crippen LogP contribution >= 0.6 is 0 Å². The molecule has 0 radical (unpaired) electrons. The normalized spacial score (nSPS) is 13.4. The van der Waals surface area contributed by atoms with Crippen molar-refractivity contribution in [1.29, 1.82) is 0 Å². The Kier molecular flexibility index (Phi) is 2.87. The van der Waals surface area contributed by atoms with Crippen molar-refractivity contribution in [2.75, 3.05) is 0 Å². The van der Waals surface area contributed by atoms with E-state index in [1.807, 2.05) is 0 Å². The van der Waals surface area contributed by atoms with Crippen LogP contribution in [0.2, 0.25) is 0 Å². The van der Waals surface area contributed by atoms with Crippen LogP contribution in [0, 0.1) is 11.6 Å². The molecular weight excluding hydrogens is 186 g/mol. The van der Waals surface area contributed by atoms with Gasteiger partial charge in [0.05, 0.1) is 6.04 Å². The SMILES string of the molecule is N[C@@H](c1cccc(F)c1F)C(F)F. The average molecular weight is 193 g/mol. The maximum atomic E-state index is 12.8. The Hall–Kier alpha value is -1.10. The highest BCUT2D eigenvalue weighted by molar-refractivity contribution is 5.22. The lowest BCUT2D eigenvalue weighted by Gasteiger charge is -2.11. The second kappa shape index (κ2) is 3.74. The number of benzene rings is 1. The van der Waals surface area contributed by atoms with Gasteiger partial charge in [-0.15, -0.1) is 0 Å². The van der Waals surface area contributed by atoms with Gasteiger partial charge in [-0.25, -0.2) is 17.6 Å². The largest absolute Gasteiger partial charge is 0.319 e. The van der Waals surface area contributed by atoms with Gasteiger partial charge in [0.2, 0.25) is 0 Å². The Labute approximate surface area is 72.2 Å². The van der Waals surface area contributed by atoms with Gasteiger partial charge in [0, 0.05) is 5.56 Å². The third-order valence-corrected chi connectivity index (χ3v) is 1.61. The summed E-state index contributed by atoms with van der Waals surface area (Å²) in [5, 5.41) is 0. The summed E-state index contributed by atoms with van der Waals surface area (Å²) in [6.45, 7) is 0. The lowest BCUT2D eigenvalue weighted by atomic mass is 10.1. The van der Waals surface area contributed by atoms with E-state index in [0.29, 0.717) is 0 Å². The standard InChI is InChI=1S/C8H7F4N/c9-5-3-1-2-4(6(5)10)7(13)8(11)12/h1-3,7-8H,13H2/t7-/m0/s1. The van der Waals surface area contributed by atoms with Gasteiger partial charge in [-0.2, -0.15) is 0 Å². The van der Waals surface area contributed by atoms with E-state index in [-0.39, 0.29) is 0 Å². The molecule has 13 heavy (non-hydrogen) atoms. The number of alkyl halides is 2. The summed E-state index contributed by atoms with van der Waals surface area (Å²) >= 11 is 0. The van der Waals surface area contributed by atoms with Gasteiger partial charge in [-0.1, -0.05) is 12.1 Å². The molecule has 1 rings (SSSR count). The highest BCUT2D eigenvalue weighted by Gasteiger charge is 2.22. The zero-order valence-electron chi connectivity index (χ0n) is 6.48. The van der Waals surface area contributed by atoms with Crippen molar-refractivity contribution in [2.45, 2.75) is 12.5 Å². The van der Waals surface area contributed by atoms with Gasteiger partial charge in [-0.05, 0) is 6.07 Å². The van der Waals surface area contributed by atoms with Crippen molar-refractivity contribution in [3.05, 3.63) is 35.4 Å². The Balaban J connectivity index is 3.07. The minimum absolute atomic E-state index is 0.505. The van der Waals surface area contributed by atoms with E-state index in [2.05, 4.69) is 0 Å². The van der Waals surface area contributed by atoms with Crippen LogP contribution in [-0.2, 0) is 0 Å². The van der Waals surface area contributed by atoms with Crippen LogP contribution in [0.1, 0.15) is 11.6 Å². The number of nitrogens with two attached hydrogens (primary N) is 1. The summed E-state index contributed by atoms with van der Waals surface area (Å²) in [5.41, 5.74) is 4.45. The van der Waals surface area contributed by atoms with Crippen LogP contribution < -0.4 is 5.73 Å². The molecule has 0 aromatic heterocycles. The fourth-order valence-electron chi connectivity index (χ4n) is 0.914. The molecule has 1 aromatic carbocycles.